The van der Waals surface area contributed by atoms with Crippen LogP contribution in [-0.4, -0.2) is 18.1 Å². The van der Waals surface area contributed by atoms with Crippen molar-refractivity contribution in [3.63, 3.8) is 0 Å². The maximum Gasteiger partial charge on any atom is 0.499 e. The molecule has 0 bridgehead atoms. The first-order valence-electron chi connectivity index (χ1n) is 9.91. The van der Waals surface area contributed by atoms with Gasteiger partial charge in [0, 0.05) is 0 Å². The largest absolute Gasteiger partial charge is 0.499 e. The van der Waals surface area contributed by atoms with Gasteiger partial charge in [0.2, 0.25) is 0 Å². The fraction of sp³-hybridized carbons (Fsp3) is 1.00. The summed E-state index contributed by atoms with van der Waals surface area (Å²) in [4.78, 5) is 13.8. The van der Waals surface area contributed by atoms with Gasteiger partial charge in [-0.15, -0.1) is 4.67 Å². The molecule has 0 rings (SSSR count). The molecule has 0 aliphatic rings. The van der Waals surface area contributed by atoms with Crippen LogP contribution < -0.4 is 0 Å². The van der Waals surface area contributed by atoms with E-state index in [0.29, 0.717) is 6.61 Å². The summed E-state index contributed by atoms with van der Waals surface area (Å²) in [5, 5.41) is 0. The highest BCUT2D eigenvalue weighted by molar-refractivity contribution is 7.47. The molecule has 0 heterocycles. The highest BCUT2D eigenvalue weighted by Crippen LogP contribution is 2.43. The number of rotatable bonds is 19. The summed E-state index contributed by atoms with van der Waals surface area (Å²) >= 11 is 0. The van der Waals surface area contributed by atoms with E-state index in [0.717, 1.165) is 12.8 Å². The maximum absolute atomic E-state index is 11.1. The van der Waals surface area contributed by atoms with E-state index in [9.17, 15) is 4.57 Å². The molecule has 1 atom stereocenters. The summed E-state index contributed by atoms with van der Waals surface area (Å²) in [6, 6.07) is 0. The Hall–Kier alpha value is 0.0700. The Bertz CT molecular complexity index is 299. The second-order valence-corrected chi connectivity index (χ2v) is 7.72. The molecule has 0 saturated heterocycles. The summed E-state index contributed by atoms with van der Waals surface area (Å²) in [6.45, 7) is 4.34. The summed E-state index contributed by atoms with van der Waals surface area (Å²) < 4.78 is 20.0. The van der Waals surface area contributed by atoms with Crippen molar-refractivity contribution in [1.29, 1.82) is 0 Å². The van der Waals surface area contributed by atoms with Gasteiger partial charge in [0.05, 0.1) is 13.2 Å². The number of unbranched alkanes of at least 4 members (excludes halogenated alkanes) is 13. The van der Waals surface area contributed by atoms with Gasteiger partial charge in [-0.3, -0.25) is 4.52 Å². The minimum absolute atomic E-state index is 0.121. The van der Waals surface area contributed by atoms with Crippen molar-refractivity contribution in [2.75, 3.05) is 13.2 Å². The third-order valence-corrected chi connectivity index (χ3v) is 4.90. The highest BCUT2D eigenvalue weighted by atomic mass is 31.2. The van der Waals surface area contributed by atoms with Crippen LogP contribution in [0.1, 0.15) is 104 Å². The van der Waals surface area contributed by atoms with Gasteiger partial charge in [0.25, 0.3) is 0 Å². The molecule has 24 heavy (non-hydrogen) atoms. The Labute approximate surface area is 149 Å². The van der Waals surface area contributed by atoms with Crippen LogP contribution in [0.5, 0.6) is 0 Å². The first kappa shape index (κ1) is 24.1. The molecule has 0 radical (unpaired) electrons. The molecule has 5 nitrogen and oxygen atoms in total. The number of hydrogen-bond acceptors (Lipinski definition) is 4. The van der Waals surface area contributed by atoms with Crippen molar-refractivity contribution in [2.45, 2.75) is 104 Å². The Kier molecular flexibility index (Phi) is 17.9. The van der Waals surface area contributed by atoms with Crippen molar-refractivity contribution < 1.29 is 23.5 Å². The van der Waals surface area contributed by atoms with Gasteiger partial charge in [-0.1, -0.05) is 90.4 Å². The smallest absolute Gasteiger partial charge is 0.301 e. The average molecular weight is 366 g/mol. The SMILES string of the molecule is CCCCCCCCCCCCCCCCOOP(=O)(O)OCC. The van der Waals surface area contributed by atoms with E-state index in [-0.39, 0.29) is 6.61 Å². The molecule has 0 aliphatic carbocycles. The van der Waals surface area contributed by atoms with E-state index in [1.165, 1.54) is 77.0 Å². The van der Waals surface area contributed by atoms with Crippen molar-refractivity contribution in [2.24, 2.45) is 0 Å². The van der Waals surface area contributed by atoms with Crippen LogP contribution in [0.25, 0.3) is 0 Å². The van der Waals surface area contributed by atoms with E-state index >= 15 is 0 Å². The van der Waals surface area contributed by atoms with Crippen LogP contribution in [0.15, 0.2) is 0 Å². The van der Waals surface area contributed by atoms with E-state index in [1.807, 2.05) is 0 Å². The predicted molar refractivity (Wildman–Crippen MR) is 98.8 cm³/mol. The Morgan fingerprint density at radius 1 is 0.708 bits per heavy atom. The molecule has 0 amide bonds. The first-order valence-corrected chi connectivity index (χ1v) is 11.4. The molecule has 0 saturated carbocycles. The van der Waals surface area contributed by atoms with Gasteiger partial charge < -0.3 is 4.89 Å². The van der Waals surface area contributed by atoms with Gasteiger partial charge in [0.15, 0.2) is 0 Å². The van der Waals surface area contributed by atoms with Crippen LogP contribution >= 0.6 is 7.82 Å². The highest BCUT2D eigenvalue weighted by Gasteiger charge is 2.21. The van der Waals surface area contributed by atoms with E-state index < -0.39 is 7.82 Å². The Morgan fingerprint density at radius 3 is 1.54 bits per heavy atom. The normalized spacial score (nSPS) is 14.0. The van der Waals surface area contributed by atoms with Crippen molar-refractivity contribution in [3.05, 3.63) is 0 Å². The van der Waals surface area contributed by atoms with Crippen molar-refractivity contribution in [1.82, 2.24) is 0 Å². The summed E-state index contributed by atoms with van der Waals surface area (Å²) in [7, 11) is -4.00. The monoisotopic (exact) mass is 366 g/mol. The van der Waals surface area contributed by atoms with Crippen LogP contribution in [0.4, 0.5) is 0 Å². The second kappa shape index (κ2) is 17.9. The van der Waals surface area contributed by atoms with Gasteiger partial charge >= 0.3 is 7.82 Å². The molecule has 6 heteroatoms. The minimum atomic E-state index is -4.00. The lowest BCUT2D eigenvalue weighted by Crippen LogP contribution is -1.98. The molecule has 0 aliphatic heterocycles. The molecule has 0 aromatic heterocycles. The van der Waals surface area contributed by atoms with E-state index in [4.69, 9.17) is 9.78 Å². The molecule has 0 spiro atoms. The molecular weight excluding hydrogens is 327 g/mol. The van der Waals surface area contributed by atoms with Crippen molar-refractivity contribution in [3.8, 4) is 0 Å². The van der Waals surface area contributed by atoms with E-state index in [1.54, 1.807) is 6.92 Å². The lowest BCUT2D eigenvalue weighted by molar-refractivity contribution is -0.224. The lowest BCUT2D eigenvalue weighted by atomic mass is 10.0. The molecular formula is C18H39O5P. The Balaban J connectivity index is 3.11. The van der Waals surface area contributed by atoms with Gasteiger partial charge in [-0.2, -0.15) is 0 Å². The van der Waals surface area contributed by atoms with Crippen molar-refractivity contribution >= 4 is 7.82 Å². The zero-order chi connectivity index (χ0) is 17.9. The summed E-state index contributed by atoms with van der Waals surface area (Å²) in [5.74, 6) is 0. The molecule has 146 valence electrons. The number of phosphoric ester groups is 1. The second-order valence-electron chi connectivity index (χ2n) is 6.38. The third-order valence-electron chi connectivity index (χ3n) is 4.02. The van der Waals surface area contributed by atoms with Crippen LogP contribution in [-0.2, 0) is 18.7 Å². The summed E-state index contributed by atoms with van der Waals surface area (Å²) in [5.41, 5.74) is 0. The van der Waals surface area contributed by atoms with Gasteiger partial charge in [-0.25, -0.2) is 9.45 Å². The van der Waals surface area contributed by atoms with Crippen LogP contribution in [0.2, 0.25) is 0 Å². The summed E-state index contributed by atoms with van der Waals surface area (Å²) in [6.07, 6.45) is 18.1. The zero-order valence-electron chi connectivity index (χ0n) is 15.8. The quantitative estimate of drug-likeness (QED) is 0.121. The predicted octanol–water partition coefficient (Wildman–Crippen LogP) is 6.55. The third kappa shape index (κ3) is 18.4. The standard InChI is InChI=1S/C18H39O5P/c1-3-5-6-7-8-9-10-11-12-13-14-15-16-17-18-21-23-24(19,20)22-4-2/h3-18H2,1-2H3,(H,19,20). The zero-order valence-corrected chi connectivity index (χ0v) is 16.7. The fourth-order valence-corrected chi connectivity index (χ4v) is 3.22. The van der Waals surface area contributed by atoms with Crippen LogP contribution in [0, 0.1) is 0 Å². The van der Waals surface area contributed by atoms with E-state index in [2.05, 4.69) is 16.1 Å². The van der Waals surface area contributed by atoms with Gasteiger partial charge in [0.1, 0.15) is 0 Å². The first-order chi connectivity index (χ1) is 11.6. The number of phosphoric acid groups is 1. The average Bonchev–Trinajstić information content (AvgIpc) is 2.54. The minimum Gasteiger partial charge on any atom is -0.301 e. The molecule has 1 N–H and O–H groups in total. The number of hydrogen-bond donors (Lipinski definition) is 1. The molecule has 0 aromatic rings. The van der Waals surface area contributed by atoms with Crippen LogP contribution in [0.3, 0.4) is 0 Å². The molecule has 1 unspecified atom stereocenters. The fourth-order valence-electron chi connectivity index (χ4n) is 2.64. The Morgan fingerprint density at radius 2 is 1.12 bits per heavy atom. The maximum atomic E-state index is 11.1. The topological polar surface area (TPSA) is 65.0 Å². The molecule has 0 aromatic carbocycles. The molecule has 0 fully saturated rings. The lowest BCUT2D eigenvalue weighted by Gasteiger charge is -2.09. The van der Waals surface area contributed by atoms with Gasteiger partial charge in [-0.05, 0) is 13.3 Å².